The number of nitrogens with zero attached hydrogens (tertiary/aromatic N) is 1. The molecule has 0 aliphatic carbocycles. The van der Waals surface area contributed by atoms with Crippen molar-refractivity contribution in [3.63, 3.8) is 0 Å². The zero-order chi connectivity index (χ0) is 14.0. The van der Waals surface area contributed by atoms with Gasteiger partial charge in [0.05, 0.1) is 0 Å². The van der Waals surface area contributed by atoms with Crippen molar-refractivity contribution < 1.29 is 4.39 Å². The summed E-state index contributed by atoms with van der Waals surface area (Å²) < 4.78 is 13.8. The van der Waals surface area contributed by atoms with Gasteiger partial charge in [0.1, 0.15) is 5.82 Å². The molecule has 0 bridgehead atoms. The van der Waals surface area contributed by atoms with Crippen LogP contribution in [0, 0.1) is 19.7 Å². The molecule has 19 heavy (non-hydrogen) atoms. The number of anilines is 2. The number of nitrogens with two attached hydrogens (primary N) is 1. The second-order valence-corrected chi connectivity index (χ2v) is 5.05. The predicted octanol–water partition coefficient (Wildman–Crippen LogP) is 3.66. The lowest BCUT2D eigenvalue weighted by Crippen LogP contribution is -2.17. The van der Waals surface area contributed by atoms with Crippen molar-refractivity contribution in [2.45, 2.75) is 20.4 Å². The average molecular weight is 258 g/mol. The highest BCUT2D eigenvalue weighted by Crippen LogP contribution is 2.21. The second kappa shape index (κ2) is 5.31. The van der Waals surface area contributed by atoms with E-state index in [1.807, 2.05) is 11.9 Å². The van der Waals surface area contributed by atoms with Crippen LogP contribution in [0.5, 0.6) is 0 Å². The molecule has 0 atom stereocenters. The molecule has 2 aromatic carbocycles. The first-order chi connectivity index (χ1) is 8.95. The zero-order valence-corrected chi connectivity index (χ0v) is 11.6. The van der Waals surface area contributed by atoms with Crippen LogP contribution in [0.15, 0.2) is 36.4 Å². The Hall–Kier alpha value is -2.03. The SMILES string of the molecule is Cc1cc(C)cc(N(C)Cc2ccc(N)cc2F)c1. The van der Waals surface area contributed by atoms with E-state index in [9.17, 15) is 4.39 Å². The summed E-state index contributed by atoms with van der Waals surface area (Å²) in [6.07, 6.45) is 0. The van der Waals surface area contributed by atoms with Crippen LogP contribution < -0.4 is 10.6 Å². The van der Waals surface area contributed by atoms with E-state index in [1.54, 1.807) is 12.1 Å². The first kappa shape index (κ1) is 13.4. The van der Waals surface area contributed by atoms with Crippen LogP contribution in [0.1, 0.15) is 16.7 Å². The van der Waals surface area contributed by atoms with Gasteiger partial charge in [0.25, 0.3) is 0 Å². The fourth-order valence-corrected chi connectivity index (χ4v) is 2.21. The van der Waals surface area contributed by atoms with Crippen LogP contribution in [0.4, 0.5) is 15.8 Å². The maximum atomic E-state index is 13.8. The molecule has 2 rings (SSSR count). The third-order valence-corrected chi connectivity index (χ3v) is 3.13. The van der Waals surface area contributed by atoms with Crippen molar-refractivity contribution in [1.29, 1.82) is 0 Å². The monoisotopic (exact) mass is 258 g/mol. The van der Waals surface area contributed by atoms with Crippen LogP contribution in [0.2, 0.25) is 0 Å². The normalized spacial score (nSPS) is 10.5. The Balaban J connectivity index is 2.22. The number of benzene rings is 2. The molecule has 0 aliphatic heterocycles. The highest BCUT2D eigenvalue weighted by atomic mass is 19.1. The van der Waals surface area contributed by atoms with Crippen molar-refractivity contribution in [1.82, 2.24) is 0 Å². The van der Waals surface area contributed by atoms with E-state index in [1.165, 1.54) is 17.2 Å². The van der Waals surface area contributed by atoms with Gasteiger partial charge in [-0.3, -0.25) is 0 Å². The van der Waals surface area contributed by atoms with E-state index >= 15 is 0 Å². The summed E-state index contributed by atoms with van der Waals surface area (Å²) in [7, 11) is 1.96. The summed E-state index contributed by atoms with van der Waals surface area (Å²) in [5.41, 5.74) is 10.2. The van der Waals surface area contributed by atoms with Gasteiger partial charge in [-0.25, -0.2) is 4.39 Å². The highest BCUT2D eigenvalue weighted by molar-refractivity contribution is 5.51. The van der Waals surface area contributed by atoms with Crippen molar-refractivity contribution in [2.75, 3.05) is 17.7 Å². The summed E-state index contributed by atoms with van der Waals surface area (Å²) in [4.78, 5) is 2.04. The predicted molar refractivity (Wildman–Crippen MR) is 78.8 cm³/mol. The van der Waals surface area contributed by atoms with Gasteiger partial charge in [-0.1, -0.05) is 12.1 Å². The van der Waals surface area contributed by atoms with Gasteiger partial charge in [-0.05, 0) is 49.2 Å². The Morgan fingerprint density at radius 3 is 2.26 bits per heavy atom. The molecule has 0 unspecified atom stereocenters. The Morgan fingerprint density at radius 2 is 1.68 bits per heavy atom. The molecule has 0 amide bonds. The fourth-order valence-electron chi connectivity index (χ4n) is 2.21. The van der Waals surface area contributed by atoms with Crippen LogP contribution in [0.3, 0.4) is 0 Å². The molecule has 2 N–H and O–H groups in total. The average Bonchev–Trinajstić information content (AvgIpc) is 2.31. The smallest absolute Gasteiger partial charge is 0.130 e. The number of hydrogen-bond donors (Lipinski definition) is 1. The Kier molecular flexibility index (Phi) is 3.74. The number of hydrogen-bond acceptors (Lipinski definition) is 2. The third kappa shape index (κ3) is 3.25. The molecule has 0 aliphatic rings. The number of halogens is 1. The zero-order valence-electron chi connectivity index (χ0n) is 11.6. The summed E-state index contributed by atoms with van der Waals surface area (Å²) in [6.45, 7) is 4.65. The summed E-state index contributed by atoms with van der Waals surface area (Å²) >= 11 is 0. The molecule has 0 radical (unpaired) electrons. The first-order valence-electron chi connectivity index (χ1n) is 6.29. The number of rotatable bonds is 3. The fraction of sp³-hybridized carbons (Fsp3) is 0.250. The van der Waals surface area contributed by atoms with Crippen molar-refractivity contribution in [3.05, 3.63) is 58.9 Å². The molecule has 0 fully saturated rings. The van der Waals surface area contributed by atoms with E-state index in [2.05, 4.69) is 32.0 Å². The molecule has 100 valence electrons. The summed E-state index contributed by atoms with van der Waals surface area (Å²) in [5.74, 6) is -0.253. The lowest BCUT2D eigenvalue weighted by Gasteiger charge is -2.21. The van der Waals surface area contributed by atoms with E-state index in [-0.39, 0.29) is 5.82 Å². The molecule has 0 heterocycles. The molecule has 0 saturated heterocycles. The van der Waals surface area contributed by atoms with Gasteiger partial charge in [-0.2, -0.15) is 0 Å². The van der Waals surface area contributed by atoms with Gasteiger partial charge in [0.2, 0.25) is 0 Å². The molecule has 0 saturated carbocycles. The molecule has 0 aromatic heterocycles. The summed E-state index contributed by atoms with van der Waals surface area (Å²) in [5, 5.41) is 0. The third-order valence-electron chi connectivity index (χ3n) is 3.13. The second-order valence-electron chi connectivity index (χ2n) is 5.05. The maximum absolute atomic E-state index is 13.8. The lowest BCUT2D eigenvalue weighted by atomic mass is 10.1. The number of nitrogen functional groups attached to an aromatic ring is 1. The van der Waals surface area contributed by atoms with E-state index in [0.29, 0.717) is 17.8 Å². The minimum Gasteiger partial charge on any atom is -0.399 e. The largest absolute Gasteiger partial charge is 0.399 e. The van der Waals surface area contributed by atoms with Gasteiger partial charge in [0, 0.05) is 30.5 Å². The van der Waals surface area contributed by atoms with Crippen LogP contribution >= 0.6 is 0 Å². The van der Waals surface area contributed by atoms with Crippen LogP contribution in [-0.2, 0) is 6.54 Å². The van der Waals surface area contributed by atoms with Crippen LogP contribution in [0.25, 0.3) is 0 Å². The quantitative estimate of drug-likeness (QED) is 0.851. The topological polar surface area (TPSA) is 29.3 Å². The molecule has 3 heteroatoms. The molecule has 0 spiro atoms. The minimum atomic E-state index is -0.253. The standard InChI is InChI=1S/C16H19FN2/c1-11-6-12(2)8-15(7-11)19(3)10-13-4-5-14(18)9-16(13)17/h4-9H,10,18H2,1-3H3. The van der Waals surface area contributed by atoms with Gasteiger partial charge in [0.15, 0.2) is 0 Å². The van der Waals surface area contributed by atoms with Crippen molar-refractivity contribution in [2.24, 2.45) is 0 Å². The van der Waals surface area contributed by atoms with Crippen LogP contribution in [-0.4, -0.2) is 7.05 Å². The number of aryl methyl sites for hydroxylation is 2. The van der Waals surface area contributed by atoms with Crippen molar-refractivity contribution in [3.8, 4) is 0 Å². The van der Waals surface area contributed by atoms with Gasteiger partial charge < -0.3 is 10.6 Å². The molecule has 2 nitrogen and oxygen atoms in total. The van der Waals surface area contributed by atoms with Crippen molar-refractivity contribution >= 4 is 11.4 Å². The molecule has 2 aromatic rings. The van der Waals surface area contributed by atoms with E-state index < -0.39 is 0 Å². The maximum Gasteiger partial charge on any atom is 0.130 e. The molecular formula is C16H19FN2. The highest BCUT2D eigenvalue weighted by Gasteiger charge is 2.07. The Labute approximate surface area is 113 Å². The molecular weight excluding hydrogens is 239 g/mol. The van der Waals surface area contributed by atoms with Gasteiger partial charge in [-0.15, -0.1) is 0 Å². The Bertz CT molecular complexity index is 573. The minimum absolute atomic E-state index is 0.253. The first-order valence-corrected chi connectivity index (χ1v) is 6.29. The summed E-state index contributed by atoms with van der Waals surface area (Å²) in [6, 6.07) is 11.2. The van der Waals surface area contributed by atoms with Gasteiger partial charge >= 0.3 is 0 Å². The lowest BCUT2D eigenvalue weighted by molar-refractivity contribution is 0.608. The van der Waals surface area contributed by atoms with E-state index in [0.717, 1.165) is 5.69 Å². The Morgan fingerprint density at radius 1 is 1.05 bits per heavy atom. The van der Waals surface area contributed by atoms with E-state index in [4.69, 9.17) is 5.73 Å².